The highest BCUT2D eigenvalue weighted by Crippen LogP contribution is 2.30. The van der Waals surface area contributed by atoms with Gasteiger partial charge in [0, 0.05) is 11.6 Å². The second kappa shape index (κ2) is 11.0. The highest BCUT2D eigenvalue weighted by molar-refractivity contribution is 7.99. The van der Waals surface area contributed by atoms with Crippen molar-refractivity contribution in [2.45, 2.75) is 38.5 Å². The molecular weight excluding hydrogens is 426 g/mol. The molecule has 1 unspecified atom stereocenters. The van der Waals surface area contributed by atoms with E-state index in [0.717, 1.165) is 12.0 Å². The Kier molecular flexibility index (Phi) is 8.16. The van der Waals surface area contributed by atoms with E-state index in [9.17, 15) is 4.79 Å². The molecule has 1 N–H and O–H groups in total. The van der Waals surface area contributed by atoms with Crippen LogP contribution in [0.25, 0.3) is 11.5 Å². The number of thioether (sulfide) groups is 1. The lowest BCUT2D eigenvalue weighted by molar-refractivity contribution is -0.119. The van der Waals surface area contributed by atoms with Gasteiger partial charge in [0.1, 0.15) is 11.5 Å². The zero-order valence-electron chi connectivity index (χ0n) is 19.0. The highest BCUT2D eigenvalue weighted by atomic mass is 32.2. The van der Waals surface area contributed by atoms with Crippen LogP contribution in [0.2, 0.25) is 0 Å². The molecule has 0 radical (unpaired) electrons. The number of rotatable bonds is 10. The summed E-state index contributed by atoms with van der Waals surface area (Å²) >= 11 is 1.20. The third kappa shape index (κ3) is 6.50. The first kappa shape index (κ1) is 23.7. The second-order valence-corrected chi connectivity index (χ2v) is 8.82. The smallest absolute Gasteiger partial charge is 0.277 e. The topological polar surface area (TPSA) is 86.5 Å². The van der Waals surface area contributed by atoms with E-state index >= 15 is 0 Å². The molecule has 170 valence electrons. The molecule has 0 spiro atoms. The molecule has 0 saturated carbocycles. The van der Waals surface area contributed by atoms with Crippen LogP contribution in [0.5, 0.6) is 11.5 Å². The van der Waals surface area contributed by atoms with Crippen molar-refractivity contribution in [3.8, 4) is 23.0 Å². The predicted molar refractivity (Wildman–Crippen MR) is 125 cm³/mol. The number of hydrogen-bond acceptors (Lipinski definition) is 7. The van der Waals surface area contributed by atoms with Crippen molar-refractivity contribution in [3.63, 3.8) is 0 Å². The fraction of sp³-hybridized carbons (Fsp3) is 0.375. The van der Waals surface area contributed by atoms with Crippen LogP contribution < -0.4 is 14.8 Å². The maximum Gasteiger partial charge on any atom is 0.277 e. The molecule has 1 atom stereocenters. The Bertz CT molecular complexity index is 1010. The molecule has 32 heavy (non-hydrogen) atoms. The van der Waals surface area contributed by atoms with Gasteiger partial charge in [-0.25, -0.2) is 0 Å². The lowest BCUT2D eigenvalue weighted by Gasteiger charge is -2.15. The molecule has 0 bridgehead atoms. The minimum Gasteiger partial charge on any atom is -0.497 e. The minimum atomic E-state index is -0.100. The molecule has 0 aliphatic heterocycles. The number of hydrogen-bond donors (Lipinski definition) is 1. The number of carbonyl (C=O) groups is 1. The molecule has 0 aliphatic rings. The van der Waals surface area contributed by atoms with Crippen LogP contribution in [0.4, 0.5) is 0 Å². The highest BCUT2D eigenvalue weighted by Gasteiger charge is 2.15. The van der Waals surface area contributed by atoms with Crippen LogP contribution in [0.15, 0.2) is 52.1 Å². The summed E-state index contributed by atoms with van der Waals surface area (Å²) < 4.78 is 16.2. The van der Waals surface area contributed by atoms with Gasteiger partial charge in [0.2, 0.25) is 11.8 Å². The van der Waals surface area contributed by atoms with E-state index in [2.05, 4.69) is 53.6 Å². The van der Waals surface area contributed by atoms with Gasteiger partial charge in [-0.15, -0.1) is 10.2 Å². The van der Waals surface area contributed by atoms with Crippen molar-refractivity contribution >= 4 is 17.7 Å². The third-order valence-corrected chi connectivity index (χ3v) is 5.65. The van der Waals surface area contributed by atoms with Crippen molar-refractivity contribution in [2.24, 2.45) is 5.92 Å². The quantitative estimate of drug-likeness (QED) is 0.434. The van der Waals surface area contributed by atoms with Crippen molar-refractivity contribution in [1.29, 1.82) is 0 Å². The number of ether oxygens (including phenoxy) is 2. The summed E-state index contributed by atoms with van der Waals surface area (Å²) in [4.78, 5) is 12.4. The van der Waals surface area contributed by atoms with Crippen LogP contribution >= 0.6 is 11.8 Å². The number of methoxy groups -OCH3 is 2. The first-order valence-electron chi connectivity index (χ1n) is 10.5. The fourth-order valence-corrected chi connectivity index (χ4v) is 3.80. The molecule has 0 fully saturated rings. The predicted octanol–water partition coefficient (Wildman–Crippen LogP) is 4.92. The monoisotopic (exact) mass is 455 g/mol. The maximum absolute atomic E-state index is 12.4. The van der Waals surface area contributed by atoms with Gasteiger partial charge in [0.05, 0.1) is 26.0 Å². The molecule has 3 rings (SSSR count). The van der Waals surface area contributed by atoms with Crippen molar-refractivity contribution in [2.75, 3.05) is 20.0 Å². The van der Waals surface area contributed by atoms with E-state index < -0.39 is 0 Å². The molecule has 1 aromatic heterocycles. The maximum atomic E-state index is 12.4. The average molecular weight is 456 g/mol. The van der Waals surface area contributed by atoms with Crippen LogP contribution in [-0.2, 0) is 11.2 Å². The van der Waals surface area contributed by atoms with Gasteiger partial charge in [-0.1, -0.05) is 49.9 Å². The van der Waals surface area contributed by atoms with E-state index in [0.29, 0.717) is 34.1 Å². The Labute approximate surface area is 192 Å². The first-order valence-corrected chi connectivity index (χ1v) is 11.4. The molecule has 0 aliphatic carbocycles. The van der Waals surface area contributed by atoms with Crippen LogP contribution in [0.1, 0.15) is 37.9 Å². The number of carbonyl (C=O) groups excluding carboxylic acids is 1. The molecule has 0 saturated heterocycles. The summed E-state index contributed by atoms with van der Waals surface area (Å²) in [6.07, 6.45) is 1.05. The zero-order chi connectivity index (χ0) is 23.1. The van der Waals surface area contributed by atoms with Crippen LogP contribution in [0, 0.1) is 5.92 Å². The lowest BCUT2D eigenvalue weighted by atomic mass is 10.00. The fourth-order valence-electron chi connectivity index (χ4n) is 3.22. The summed E-state index contributed by atoms with van der Waals surface area (Å²) in [7, 11) is 3.15. The molecular formula is C24H29N3O4S. The molecule has 1 heterocycles. The Balaban J connectivity index is 1.55. The average Bonchev–Trinajstić information content (AvgIpc) is 3.26. The van der Waals surface area contributed by atoms with Gasteiger partial charge in [-0.05, 0) is 42.5 Å². The van der Waals surface area contributed by atoms with Crippen molar-refractivity contribution in [1.82, 2.24) is 15.5 Å². The molecule has 7 nitrogen and oxygen atoms in total. The van der Waals surface area contributed by atoms with E-state index in [-0.39, 0.29) is 17.7 Å². The summed E-state index contributed by atoms with van der Waals surface area (Å²) in [6.45, 7) is 6.38. The lowest BCUT2D eigenvalue weighted by Crippen LogP contribution is -2.28. The Morgan fingerprint density at radius 2 is 1.69 bits per heavy atom. The van der Waals surface area contributed by atoms with Crippen LogP contribution in [0.3, 0.4) is 0 Å². The number of nitrogens with one attached hydrogen (secondary N) is 1. The van der Waals surface area contributed by atoms with Gasteiger partial charge >= 0.3 is 0 Å². The van der Waals surface area contributed by atoms with Gasteiger partial charge in [0.25, 0.3) is 5.22 Å². The van der Waals surface area contributed by atoms with Gasteiger partial charge in [-0.2, -0.15) is 0 Å². The molecule has 3 aromatic rings. The molecule has 8 heteroatoms. The molecule has 2 aromatic carbocycles. The Hall–Kier alpha value is -3.00. The van der Waals surface area contributed by atoms with E-state index in [1.165, 1.54) is 17.3 Å². The molecule has 1 amide bonds. The number of benzene rings is 2. The first-order chi connectivity index (χ1) is 15.4. The van der Waals surface area contributed by atoms with Gasteiger partial charge in [0.15, 0.2) is 0 Å². The summed E-state index contributed by atoms with van der Waals surface area (Å²) in [6, 6.07) is 13.6. The minimum absolute atomic E-state index is 0.0845. The summed E-state index contributed by atoms with van der Waals surface area (Å²) in [5, 5.41) is 11.4. The second-order valence-electron chi connectivity index (χ2n) is 7.89. The Morgan fingerprint density at radius 1 is 1.03 bits per heavy atom. The zero-order valence-corrected chi connectivity index (χ0v) is 19.9. The summed E-state index contributed by atoms with van der Waals surface area (Å²) in [5.41, 5.74) is 3.06. The third-order valence-electron chi connectivity index (χ3n) is 4.83. The summed E-state index contributed by atoms with van der Waals surface area (Å²) in [5.74, 6) is 2.27. The van der Waals surface area contributed by atoms with Crippen LogP contribution in [-0.4, -0.2) is 36.1 Å². The number of amides is 1. The normalized spacial score (nSPS) is 11.9. The number of nitrogens with zero attached hydrogens (tertiary/aromatic N) is 2. The largest absolute Gasteiger partial charge is 0.497 e. The Morgan fingerprint density at radius 3 is 2.28 bits per heavy atom. The van der Waals surface area contributed by atoms with E-state index in [1.54, 1.807) is 32.4 Å². The van der Waals surface area contributed by atoms with E-state index in [4.69, 9.17) is 13.9 Å². The van der Waals surface area contributed by atoms with Crippen molar-refractivity contribution in [3.05, 3.63) is 53.6 Å². The number of aromatic nitrogens is 2. The van der Waals surface area contributed by atoms with E-state index in [1.807, 2.05) is 6.92 Å². The standard InChI is InChI=1S/C24H29N3O4S/c1-15(2)10-17-6-8-18(9-7-17)16(3)25-22(28)14-32-24-27-26-23(31-24)19-11-20(29-4)13-21(12-19)30-5/h6-9,11-13,15-16H,10,14H2,1-5H3,(H,25,28). The SMILES string of the molecule is COc1cc(OC)cc(-c2nnc(SCC(=O)NC(C)c3ccc(CC(C)C)cc3)o2)c1. The van der Waals surface area contributed by atoms with Crippen molar-refractivity contribution < 1.29 is 18.7 Å². The van der Waals surface area contributed by atoms with Gasteiger partial charge in [-0.3, -0.25) is 4.79 Å². The van der Waals surface area contributed by atoms with Gasteiger partial charge < -0.3 is 19.2 Å².